The summed E-state index contributed by atoms with van der Waals surface area (Å²) >= 11 is 0. The first kappa shape index (κ1) is 18.4. The van der Waals surface area contributed by atoms with Crippen LogP contribution in [0.2, 0.25) is 0 Å². The van der Waals surface area contributed by atoms with Crippen molar-refractivity contribution < 1.29 is 9.53 Å². The topological polar surface area (TPSA) is 94.0 Å². The summed E-state index contributed by atoms with van der Waals surface area (Å²) in [5.74, 6) is 1.42. The molecule has 8 nitrogen and oxygen atoms in total. The number of imidazole rings is 1. The predicted molar refractivity (Wildman–Crippen MR) is 102 cm³/mol. The van der Waals surface area contributed by atoms with Gasteiger partial charge in [0.2, 0.25) is 5.88 Å². The Bertz CT molecular complexity index is 907. The highest BCUT2D eigenvalue weighted by Crippen LogP contribution is 2.21. The molecule has 0 spiro atoms. The predicted octanol–water partition coefficient (Wildman–Crippen LogP) is 2.92. The number of amides is 2. The highest BCUT2D eigenvalue weighted by atomic mass is 16.5. The van der Waals surface area contributed by atoms with Crippen LogP contribution in [0.3, 0.4) is 0 Å². The third-order valence-electron chi connectivity index (χ3n) is 4.27. The second-order valence-corrected chi connectivity index (χ2v) is 6.04. The van der Waals surface area contributed by atoms with Gasteiger partial charge in [-0.05, 0) is 31.5 Å². The van der Waals surface area contributed by atoms with Gasteiger partial charge in [-0.2, -0.15) is 0 Å². The molecule has 3 rings (SSSR count). The Hall–Kier alpha value is -3.42. The zero-order valence-corrected chi connectivity index (χ0v) is 15.5. The molecule has 3 aromatic rings. The first-order valence-corrected chi connectivity index (χ1v) is 8.56. The first-order valence-electron chi connectivity index (χ1n) is 8.56. The summed E-state index contributed by atoms with van der Waals surface area (Å²) in [5.41, 5.74) is 2.51. The monoisotopic (exact) mass is 366 g/mol. The van der Waals surface area contributed by atoms with E-state index in [0.29, 0.717) is 17.3 Å². The molecule has 0 radical (unpaired) electrons. The normalized spacial score (nSPS) is 11.7. The number of hydrogen-bond acceptors (Lipinski definition) is 5. The van der Waals surface area contributed by atoms with Gasteiger partial charge in [0, 0.05) is 24.1 Å². The van der Waals surface area contributed by atoms with E-state index in [4.69, 9.17) is 4.74 Å². The number of methoxy groups -OCH3 is 1. The molecule has 0 bridgehead atoms. The lowest BCUT2D eigenvalue weighted by Gasteiger charge is -2.16. The van der Waals surface area contributed by atoms with Crippen LogP contribution in [0.5, 0.6) is 5.88 Å². The number of anilines is 1. The van der Waals surface area contributed by atoms with Crippen LogP contribution in [0, 0.1) is 6.92 Å². The van der Waals surface area contributed by atoms with Gasteiger partial charge in [0.05, 0.1) is 25.4 Å². The number of rotatable bonds is 6. The van der Waals surface area contributed by atoms with Crippen molar-refractivity contribution in [3.63, 3.8) is 0 Å². The maximum Gasteiger partial charge on any atom is 0.319 e. The maximum atomic E-state index is 12.1. The Morgan fingerprint density at radius 3 is 2.67 bits per heavy atom. The smallest absolute Gasteiger partial charge is 0.319 e. The van der Waals surface area contributed by atoms with E-state index in [1.54, 1.807) is 12.3 Å². The summed E-state index contributed by atoms with van der Waals surface area (Å²) in [4.78, 5) is 24.4. The average Bonchev–Trinajstić information content (AvgIpc) is 3.12. The number of carbonyl (C=O) groups is 1. The fraction of sp³-hybridized carbons (Fsp3) is 0.263. The fourth-order valence-electron chi connectivity index (χ4n) is 2.73. The number of aromatic nitrogens is 4. The largest absolute Gasteiger partial charge is 0.481 e. The van der Waals surface area contributed by atoms with E-state index in [1.165, 1.54) is 13.4 Å². The van der Waals surface area contributed by atoms with E-state index in [1.807, 2.05) is 37.4 Å². The molecule has 0 saturated carbocycles. The van der Waals surface area contributed by atoms with Gasteiger partial charge in [0.15, 0.2) is 0 Å². The van der Waals surface area contributed by atoms with Gasteiger partial charge in [-0.3, -0.25) is 0 Å². The molecule has 0 aliphatic carbocycles. The van der Waals surface area contributed by atoms with Gasteiger partial charge in [0.25, 0.3) is 0 Å². The van der Waals surface area contributed by atoms with Crippen molar-refractivity contribution in [2.24, 2.45) is 0 Å². The Kier molecular flexibility index (Phi) is 5.65. The summed E-state index contributed by atoms with van der Waals surface area (Å²) in [6.07, 6.45) is 5.15. The number of urea groups is 1. The second kappa shape index (κ2) is 8.31. The molecule has 0 unspecified atom stereocenters. The van der Waals surface area contributed by atoms with Crippen molar-refractivity contribution in [3.05, 3.63) is 66.1 Å². The van der Waals surface area contributed by atoms with Crippen molar-refractivity contribution in [2.45, 2.75) is 26.4 Å². The summed E-state index contributed by atoms with van der Waals surface area (Å²) in [7, 11) is 1.53. The standard InChI is InChI=1S/C19H22N6O2/c1-13(25-9-8-20-14(25)2)15-4-6-16(7-5-15)24-19(26)21-11-17-10-18(27-3)23-12-22-17/h4-10,12-13H,11H2,1-3H3,(H2,21,24,26)/t13-/m0/s1. The van der Waals surface area contributed by atoms with Crippen LogP contribution in [-0.2, 0) is 6.54 Å². The van der Waals surface area contributed by atoms with E-state index in [9.17, 15) is 4.79 Å². The van der Waals surface area contributed by atoms with E-state index in [0.717, 1.165) is 11.4 Å². The number of nitrogens with one attached hydrogen (secondary N) is 2. The summed E-state index contributed by atoms with van der Waals surface area (Å²) in [5, 5.41) is 5.57. The zero-order chi connectivity index (χ0) is 19.2. The molecule has 2 heterocycles. The van der Waals surface area contributed by atoms with Gasteiger partial charge in [0.1, 0.15) is 12.2 Å². The van der Waals surface area contributed by atoms with Gasteiger partial charge in [-0.1, -0.05) is 12.1 Å². The highest BCUT2D eigenvalue weighted by Gasteiger charge is 2.10. The summed E-state index contributed by atoms with van der Waals surface area (Å²) in [6, 6.07) is 9.29. The highest BCUT2D eigenvalue weighted by molar-refractivity contribution is 5.89. The third kappa shape index (κ3) is 4.60. The molecule has 140 valence electrons. The molecule has 8 heteroatoms. The van der Waals surface area contributed by atoms with Crippen molar-refractivity contribution in [1.82, 2.24) is 24.8 Å². The number of benzene rings is 1. The molecule has 1 atom stereocenters. The molecule has 1 aromatic carbocycles. The van der Waals surface area contributed by atoms with E-state index >= 15 is 0 Å². The Morgan fingerprint density at radius 2 is 2.00 bits per heavy atom. The van der Waals surface area contributed by atoms with Crippen LogP contribution in [0.25, 0.3) is 0 Å². The summed E-state index contributed by atoms with van der Waals surface area (Å²) < 4.78 is 7.14. The minimum atomic E-state index is -0.307. The number of aryl methyl sites for hydroxylation is 1. The van der Waals surface area contributed by atoms with Gasteiger partial charge >= 0.3 is 6.03 Å². The van der Waals surface area contributed by atoms with Crippen molar-refractivity contribution in [2.75, 3.05) is 12.4 Å². The van der Waals surface area contributed by atoms with Gasteiger partial charge < -0.3 is 19.9 Å². The van der Waals surface area contributed by atoms with Crippen molar-refractivity contribution in [1.29, 1.82) is 0 Å². The maximum absolute atomic E-state index is 12.1. The van der Waals surface area contributed by atoms with Crippen LogP contribution < -0.4 is 15.4 Å². The molecule has 2 N–H and O–H groups in total. The first-order chi connectivity index (χ1) is 13.1. The van der Waals surface area contributed by atoms with Crippen molar-refractivity contribution in [3.8, 4) is 5.88 Å². The van der Waals surface area contributed by atoms with Crippen LogP contribution in [-0.4, -0.2) is 32.7 Å². The molecular weight excluding hydrogens is 344 g/mol. The van der Waals surface area contributed by atoms with E-state index in [2.05, 4.69) is 37.1 Å². The minimum absolute atomic E-state index is 0.170. The summed E-state index contributed by atoms with van der Waals surface area (Å²) in [6.45, 7) is 4.36. The van der Waals surface area contributed by atoms with Crippen molar-refractivity contribution >= 4 is 11.7 Å². The Balaban J connectivity index is 1.56. The van der Waals surface area contributed by atoms with Crippen LogP contribution in [0.15, 0.2) is 49.1 Å². The fourth-order valence-corrected chi connectivity index (χ4v) is 2.73. The molecular formula is C19H22N6O2. The number of ether oxygens (including phenoxy) is 1. The number of nitrogens with zero attached hydrogens (tertiary/aromatic N) is 4. The lowest BCUT2D eigenvalue weighted by Crippen LogP contribution is -2.28. The number of hydrogen-bond donors (Lipinski definition) is 2. The lowest BCUT2D eigenvalue weighted by atomic mass is 10.1. The molecule has 27 heavy (non-hydrogen) atoms. The van der Waals surface area contributed by atoms with E-state index < -0.39 is 0 Å². The molecule has 2 amide bonds. The number of carbonyl (C=O) groups excluding carboxylic acids is 1. The average molecular weight is 366 g/mol. The SMILES string of the molecule is COc1cc(CNC(=O)Nc2ccc([C@H](C)n3ccnc3C)cc2)ncn1. The molecule has 0 fully saturated rings. The minimum Gasteiger partial charge on any atom is -0.481 e. The van der Waals surface area contributed by atoms with Gasteiger partial charge in [-0.25, -0.2) is 19.7 Å². The van der Waals surface area contributed by atoms with Crippen LogP contribution in [0.4, 0.5) is 10.5 Å². The van der Waals surface area contributed by atoms with Crippen LogP contribution >= 0.6 is 0 Å². The molecule has 0 saturated heterocycles. The Labute approximate surface area is 157 Å². The Morgan fingerprint density at radius 1 is 1.22 bits per heavy atom. The van der Waals surface area contributed by atoms with Gasteiger partial charge in [-0.15, -0.1) is 0 Å². The van der Waals surface area contributed by atoms with Crippen LogP contribution in [0.1, 0.15) is 30.0 Å². The molecule has 0 aliphatic heterocycles. The zero-order valence-electron chi connectivity index (χ0n) is 15.5. The molecule has 0 aliphatic rings. The van der Waals surface area contributed by atoms with E-state index in [-0.39, 0.29) is 18.6 Å². The quantitative estimate of drug-likeness (QED) is 0.699. The lowest BCUT2D eigenvalue weighted by molar-refractivity contribution is 0.251. The third-order valence-corrected chi connectivity index (χ3v) is 4.27. The molecule has 2 aromatic heterocycles. The second-order valence-electron chi connectivity index (χ2n) is 6.04.